The zero-order valence-corrected chi connectivity index (χ0v) is 14.8. The van der Waals surface area contributed by atoms with E-state index in [4.69, 9.17) is 14.5 Å². The lowest BCUT2D eigenvalue weighted by Crippen LogP contribution is -2.53. The van der Waals surface area contributed by atoms with E-state index in [0.717, 1.165) is 36.8 Å². The van der Waals surface area contributed by atoms with Gasteiger partial charge in [-0.2, -0.15) is 0 Å². The number of para-hydroxylation sites is 1. The van der Waals surface area contributed by atoms with Gasteiger partial charge in [0.25, 0.3) is 0 Å². The molecular formula is C18H26BNO6. The molecule has 7 nitrogen and oxygen atoms in total. The summed E-state index contributed by atoms with van der Waals surface area (Å²) in [7, 11) is -1.13. The molecule has 1 aliphatic heterocycles. The lowest BCUT2D eigenvalue weighted by molar-refractivity contribution is -0.122. The number of amides is 1. The molecule has 0 saturated heterocycles. The highest BCUT2D eigenvalue weighted by atomic mass is 16.6. The van der Waals surface area contributed by atoms with Crippen LogP contribution in [0.5, 0.6) is 5.75 Å². The van der Waals surface area contributed by atoms with Gasteiger partial charge in [-0.1, -0.05) is 18.2 Å². The Morgan fingerprint density at radius 1 is 1.31 bits per heavy atom. The molecule has 8 heteroatoms. The van der Waals surface area contributed by atoms with E-state index in [0.29, 0.717) is 18.6 Å². The van der Waals surface area contributed by atoms with E-state index >= 15 is 0 Å². The second-order valence-electron chi connectivity index (χ2n) is 7.15. The summed E-state index contributed by atoms with van der Waals surface area (Å²) in [4.78, 5) is 12.3. The summed E-state index contributed by atoms with van der Waals surface area (Å²) in [5.41, 5.74) is 1.64. The van der Waals surface area contributed by atoms with Gasteiger partial charge < -0.3 is 29.9 Å². The minimum Gasteiger partial charge on any atom is -0.534 e. The van der Waals surface area contributed by atoms with Crippen LogP contribution in [0, 0.1) is 5.92 Å². The van der Waals surface area contributed by atoms with Gasteiger partial charge in [0.2, 0.25) is 5.91 Å². The number of benzene rings is 1. The van der Waals surface area contributed by atoms with Gasteiger partial charge in [0.05, 0.1) is 18.7 Å². The van der Waals surface area contributed by atoms with Gasteiger partial charge in [0.1, 0.15) is 12.5 Å². The average molecular weight is 363 g/mol. The molecule has 0 aromatic heterocycles. The Morgan fingerprint density at radius 3 is 2.81 bits per heavy atom. The zero-order valence-electron chi connectivity index (χ0n) is 14.8. The fraction of sp³-hybridized carbons (Fsp3) is 0.611. The van der Waals surface area contributed by atoms with Crippen molar-refractivity contribution in [1.82, 2.24) is 5.32 Å². The van der Waals surface area contributed by atoms with Crippen molar-refractivity contribution < 1.29 is 29.4 Å². The lowest BCUT2D eigenvalue weighted by Gasteiger charge is -2.30. The second-order valence-corrected chi connectivity index (χ2v) is 7.15. The molecular weight excluding hydrogens is 337 g/mol. The number of hydrogen-bond donors (Lipinski definition) is 4. The number of ether oxygens (including phenoxy) is 1. The maximum atomic E-state index is 12.3. The SMILES string of the molecule is O=C(CC1CCC(O)CC1)N[C@H]1Cc2cccc(COCO)c2OB1O. The Balaban J connectivity index is 1.58. The first-order chi connectivity index (χ1) is 12.6. The summed E-state index contributed by atoms with van der Waals surface area (Å²) in [5.74, 6) is 0.246. The molecule has 1 saturated carbocycles. The molecule has 2 aliphatic rings. The molecule has 26 heavy (non-hydrogen) atoms. The Morgan fingerprint density at radius 2 is 2.08 bits per heavy atom. The van der Waals surface area contributed by atoms with Crippen LogP contribution in [0.4, 0.5) is 0 Å². The first-order valence-corrected chi connectivity index (χ1v) is 9.18. The molecule has 1 amide bonds. The van der Waals surface area contributed by atoms with Crippen LogP contribution < -0.4 is 9.97 Å². The molecule has 142 valence electrons. The molecule has 1 fully saturated rings. The van der Waals surface area contributed by atoms with Gasteiger partial charge in [0.15, 0.2) is 0 Å². The summed E-state index contributed by atoms with van der Waals surface area (Å²) < 4.78 is 10.6. The van der Waals surface area contributed by atoms with Crippen LogP contribution in [0.25, 0.3) is 0 Å². The molecule has 0 spiro atoms. The number of rotatable bonds is 6. The molecule has 1 aromatic rings. The minimum absolute atomic E-state index is 0.0951. The number of carbonyl (C=O) groups excluding carboxylic acids is 1. The van der Waals surface area contributed by atoms with E-state index in [9.17, 15) is 14.9 Å². The van der Waals surface area contributed by atoms with E-state index in [2.05, 4.69) is 5.32 Å². The number of carbonyl (C=O) groups is 1. The summed E-state index contributed by atoms with van der Waals surface area (Å²) in [6.07, 6.45) is 3.86. The van der Waals surface area contributed by atoms with Gasteiger partial charge >= 0.3 is 7.12 Å². The van der Waals surface area contributed by atoms with Crippen LogP contribution >= 0.6 is 0 Å². The summed E-state index contributed by atoms with van der Waals surface area (Å²) in [5, 5.41) is 31.5. The van der Waals surface area contributed by atoms with Gasteiger partial charge in [0, 0.05) is 12.0 Å². The van der Waals surface area contributed by atoms with Crippen LogP contribution in [0.2, 0.25) is 0 Å². The quantitative estimate of drug-likeness (QED) is 0.434. The highest BCUT2D eigenvalue weighted by Gasteiger charge is 2.37. The Kier molecular flexibility index (Phi) is 6.53. The normalized spacial score (nSPS) is 25.3. The summed E-state index contributed by atoms with van der Waals surface area (Å²) >= 11 is 0. The first kappa shape index (κ1) is 19.2. The average Bonchev–Trinajstić information content (AvgIpc) is 2.62. The number of hydrogen-bond acceptors (Lipinski definition) is 6. The molecule has 3 rings (SSSR count). The molecule has 1 aliphatic carbocycles. The van der Waals surface area contributed by atoms with Crippen molar-refractivity contribution >= 4 is 13.0 Å². The predicted molar refractivity (Wildman–Crippen MR) is 95.1 cm³/mol. The molecule has 0 radical (unpaired) electrons. The molecule has 4 N–H and O–H groups in total. The Hall–Kier alpha value is -1.61. The molecule has 1 aromatic carbocycles. The van der Waals surface area contributed by atoms with Gasteiger partial charge in [-0.3, -0.25) is 4.79 Å². The number of nitrogens with one attached hydrogen (secondary N) is 1. The Bertz CT molecular complexity index is 620. The van der Waals surface area contributed by atoms with Crippen LogP contribution in [0.1, 0.15) is 43.2 Å². The van der Waals surface area contributed by atoms with Gasteiger partial charge in [-0.15, -0.1) is 0 Å². The molecule has 0 bridgehead atoms. The van der Waals surface area contributed by atoms with Crippen molar-refractivity contribution in [1.29, 1.82) is 0 Å². The zero-order chi connectivity index (χ0) is 18.5. The van der Waals surface area contributed by atoms with E-state index in [1.165, 1.54) is 0 Å². The van der Waals surface area contributed by atoms with Crippen molar-refractivity contribution in [2.24, 2.45) is 5.92 Å². The van der Waals surface area contributed by atoms with Crippen LogP contribution in [0.15, 0.2) is 18.2 Å². The third-order valence-corrected chi connectivity index (χ3v) is 5.19. The third kappa shape index (κ3) is 4.76. The smallest absolute Gasteiger partial charge is 0.534 e. The van der Waals surface area contributed by atoms with Crippen molar-refractivity contribution in [3.63, 3.8) is 0 Å². The van der Waals surface area contributed by atoms with Gasteiger partial charge in [-0.25, -0.2) is 0 Å². The van der Waals surface area contributed by atoms with E-state index in [-0.39, 0.29) is 31.3 Å². The third-order valence-electron chi connectivity index (χ3n) is 5.19. The number of fused-ring (bicyclic) bond motifs is 1. The summed E-state index contributed by atoms with van der Waals surface area (Å²) in [6, 6.07) is 5.57. The lowest BCUT2D eigenvalue weighted by atomic mass is 9.72. The second kappa shape index (κ2) is 8.86. The molecule has 1 atom stereocenters. The van der Waals surface area contributed by atoms with E-state index in [1.54, 1.807) is 0 Å². The highest BCUT2D eigenvalue weighted by Crippen LogP contribution is 2.31. The Labute approximate surface area is 153 Å². The van der Waals surface area contributed by atoms with Gasteiger partial charge in [-0.05, 0) is 43.6 Å². The first-order valence-electron chi connectivity index (χ1n) is 9.18. The van der Waals surface area contributed by atoms with Crippen molar-refractivity contribution in [2.45, 2.75) is 57.2 Å². The van der Waals surface area contributed by atoms with Crippen molar-refractivity contribution in [3.8, 4) is 5.75 Å². The largest absolute Gasteiger partial charge is 0.547 e. The standard InChI is InChI=1S/C18H26BNO6/c21-11-25-10-14-3-1-2-13-9-16(19(24)26-18(13)14)20-17(23)8-12-4-6-15(22)7-5-12/h1-3,12,15-16,21-22,24H,4-11H2,(H,20,23)/t12?,15?,16-/m0/s1. The van der Waals surface area contributed by atoms with Crippen molar-refractivity contribution in [2.75, 3.05) is 6.79 Å². The number of aliphatic hydroxyl groups excluding tert-OH is 2. The number of aliphatic hydroxyl groups is 2. The minimum atomic E-state index is -1.13. The summed E-state index contributed by atoms with van der Waals surface area (Å²) in [6.45, 7) is -0.194. The molecule has 0 unspecified atom stereocenters. The highest BCUT2D eigenvalue weighted by molar-refractivity contribution is 6.46. The maximum Gasteiger partial charge on any atom is 0.547 e. The monoisotopic (exact) mass is 363 g/mol. The molecule has 1 heterocycles. The predicted octanol–water partition coefficient (Wildman–Crippen LogP) is 0.534. The van der Waals surface area contributed by atoms with Crippen molar-refractivity contribution in [3.05, 3.63) is 29.3 Å². The van der Waals surface area contributed by atoms with E-state index < -0.39 is 13.1 Å². The maximum absolute atomic E-state index is 12.3. The van der Waals surface area contributed by atoms with Crippen LogP contribution in [-0.4, -0.2) is 47.1 Å². The fourth-order valence-corrected chi connectivity index (χ4v) is 3.76. The van der Waals surface area contributed by atoms with E-state index in [1.807, 2.05) is 18.2 Å². The fourth-order valence-electron chi connectivity index (χ4n) is 3.76. The topological polar surface area (TPSA) is 108 Å². The van der Waals surface area contributed by atoms with Crippen LogP contribution in [-0.2, 0) is 22.6 Å². The van der Waals surface area contributed by atoms with Crippen LogP contribution in [0.3, 0.4) is 0 Å².